The van der Waals surface area contributed by atoms with Crippen LogP contribution in [0.2, 0.25) is 0 Å². The van der Waals surface area contributed by atoms with Gasteiger partial charge in [0.1, 0.15) is 11.9 Å². The third kappa shape index (κ3) is 9.66. The van der Waals surface area contributed by atoms with Crippen LogP contribution in [0.25, 0.3) is 0 Å². The fourth-order valence-corrected chi connectivity index (χ4v) is 3.20. The summed E-state index contributed by atoms with van der Waals surface area (Å²) >= 11 is 0. The summed E-state index contributed by atoms with van der Waals surface area (Å²) in [4.78, 5) is 12.6. The SMILES string of the molecule is COC[C@@](C)(O)C(O)C(C)N(C)C[C@H](C)CC(O)CCCC(C)C=O. The van der Waals surface area contributed by atoms with Crippen LogP contribution >= 0.6 is 0 Å². The van der Waals surface area contributed by atoms with Crippen LogP contribution in [0.3, 0.4) is 0 Å². The minimum Gasteiger partial charge on any atom is -0.393 e. The largest absolute Gasteiger partial charge is 0.393 e. The Morgan fingerprint density at radius 1 is 1.20 bits per heavy atom. The van der Waals surface area contributed by atoms with Crippen LogP contribution in [-0.4, -0.2) is 77.7 Å². The summed E-state index contributed by atoms with van der Waals surface area (Å²) in [5, 5.41) is 30.8. The molecule has 0 aromatic carbocycles. The van der Waals surface area contributed by atoms with E-state index in [0.717, 1.165) is 19.1 Å². The molecule has 6 atom stereocenters. The third-order valence-corrected chi connectivity index (χ3v) is 4.93. The first-order chi connectivity index (χ1) is 11.5. The van der Waals surface area contributed by atoms with E-state index in [1.807, 2.05) is 25.8 Å². The molecular formula is C19H39NO5. The molecule has 0 aromatic rings. The predicted molar refractivity (Wildman–Crippen MR) is 99.5 cm³/mol. The fourth-order valence-electron chi connectivity index (χ4n) is 3.20. The van der Waals surface area contributed by atoms with Gasteiger partial charge in [-0.1, -0.05) is 20.3 Å². The van der Waals surface area contributed by atoms with Gasteiger partial charge >= 0.3 is 0 Å². The van der Waals surface area contributed by atoms with E-state index in [4.69, 9.17) is 4.74 Å². The first kappa shape index (κ1) is 24.5. The Labute approximate surface area is 153 Å². The van der Waals surface area contributed by atoms with Gasteiger partial charge in [0.05, 0.1) is 18.8 Å². The molecule has 150 valence electrons. The van der Waals surface area contributed by atoms with Gasteiger partial charge in [-0.25, -0.2) is 0 Å². The number of carbonyl (C=O) groups excluding carboxylic acids is 1. The van der Waals surface area contributed by atoms with E-state index in [0.29, 0.717) is 19.4 Å². The molecule has 0 rings (SSSR count). The summed E-state index contributed by atoms with van der Waals surface area (Å²) in [7, 11) is 3.40. The molecule has 6 heteroatoms. The highest BCUT2D eigenvalue weighted by atomic mass is 16.5. The van der Waals surface area contributed by atoms with E-state index < -0.39 is 11.7 Å². The smallest absolute Gasteiger partial charge is 0.122 e. The lowest BCUT2D eigenvalue weighted by molar-refractivity contribution is -0.125. The van der Waals surface area contributed by atoms with Crippen molar-refractivity contribution < 1.29 is 24.9 Å². The molecule has 0 aliphatic heterocycles. The summed E-state index contributed by atoms with van der Waals surface area (Å²) in [6.07, 6.45) is 2.68. The summed E-state index contributed by atoms with van der Waals surface area (Å²) in [6, 6.07) is -0.238. The van der Waals surface area contributed by atoms with Gasteiger partial charge in [-0.05, 0) is 46.1 Å². The molecule has 0 aliphatic rings. The first-order valence-electron chi connectivity index (χ1n) is 9.28. The molecule has 0 heterocycles. The number of aldehydes is 1. The molecule has 0 saturated heterocycles. The number of hydrogen-bond acceptors (Lipinski definition) is 6. The van der Waals surface area contributed by atoms with Crippen LogP contribution in [0.15, 0.2) is 0 Å². The van der Waals surface area contributed by atoms with Crippen molar-refractivity contribution in [1.82, 2.24) is 4.90 Å². The van der Waals surface area contributed by atoms with Crippen molar-refractivity contribution in [3.63, 3.8) is 0 Å². The molecule has 3 N–H and O–H groups in total. The maximum absolute atomic E-state index is 10.6. The van der Waals surface area contributed by atoms with E-state index >= 15 is 0 Å². The second kappa shape index (κ2) is 12.0. The predicted octanol–water partition coefficient (Wildman–Crippen LogP) is 1.46. The molecule has 0 bridgehead atoms. The zero-order valence-electron chi connectivity index (χ0n) is 16.8. The Kier molecular flexibility index (Phi) is 11.7. The van der Waals surface area contributed by atoms with Gasteiger partial charge in [-0.3, -0.25) is 0 Å². The Hall–Kier alpha value is -0.530. The number of likely N-dealkylation sites (N-methyl/N-ethyl adjacent to an activating group) is 1. The average Bonchev–Trinajstić information content (AvgIpc) is 2.52. The van der Waals surface area contributed by atoms with Crippen molar-refractivity contribution >= 4 is 6.29 Å². The number of aliphatic hydroxyl groups excluding tert-OH is 2. The summed E-state index contributed by atoms with van der Waals surface area (Å²) in [6.45, 7) is 8.18. The highest BCUT2D eigenvalue weighted by Gasteiger charge is 2.36. The minimum absolute atomic E-state index is 0.0537. The maximum Gasteiger partial charge on any atom is 0.122 e. The van der Waals surface area contributed by atoms with Gasteiger partial charge in [0.2, 0.25) is 0 Å². The molecule has 0 saturated carbocycles. The normalized spacial score (nSPS) is 20.6. The molecule has 4 unspecified atom stereocenters. The van der Waals surface area contributed by atoms with E-state index in [2.05, 4.69) is 6.92 Å². The van der Waals surface area contributed by atoms with Crippen LogP contribution in [-0.2, 0) is 9.53 Å². The van der Waals surface area contributed by atoms with Crippen molar-refractivity contribution in [2.75, 3.05) is 27.3 Å². The molecule has 0 aromatic heterocycles. The molecule has 6 nitrogen and oxygen atoms in total. The second-order valence-corrected chi connectivity index (χ2v) is 7.95. The van der Waals surface area contributed by atoms with E-state index in [1.54, 1.807) is 6.92 Å². The Morgan fingerprint density at radius 2 is 1.80 bits per heavy atom. The molecule has 0 fully saturated rings. The van der Waals surface area contributed by atoms with Gasteiger partial charge in [0.25, 0.3) is 0 Å². The van der Waals surface area contributed by atoms with Crippen molar-refractivity contribution in [2.24, 2.45) is 11.8 Å². The number of rotatable bonds is 14. The van der Waals surface area contributed by atoms with Crippen LogP contribution in [0.5, 0.6) is 0 Å². The van der Waals surface area contributed by atoms with E-state index in [9.17, 15) is 20.1 Å². The standard InChI is InChI=1S/C19H39NO5/c1-14(12-21)8-7-9-17(22)10-15(2)11-20(5)16(3)18(23)19(4,24)13-25-6/h12,14-18,22-24H,7-11,13H2,1-6H3/t14?,15-,16?,17?,18?,19-/m1/s1. The number of carbonyl (C=O) groups is 1. The Bertz CT molecular complexity index is 364. The number of nitrogens with zero attached hydrogens (tertiary/aromatic N) is 1. The summed E-state index contributed by atoms with van der Waals surface area (Å²) in [5.41, 5.74) is -1.31. The monoisotopic (exact) mass is 361 g/mol. The van der Waals surface area contributed by atoms with Gasteiger partial charge in [0, 0.05) is 25.6 Å². The second-order valence-electron chi connectivity index (χ2n) is 7.95. The number of methoxy groups -OCH3 is 1. The van der Waals surface area contributed by atoms with E-state index in [1.165, 1.54) is 7.11 Å². The number of ether oxygens (including phenoxy) is 1. The topological polar surface area (TPSA) is 90.2 Å². The maximum atomic E-state index is 10.6. The molecule has 0 radical (unpaired) electrons. The van der Waals surface area contributed by atoms with Gasteiger partial charge in [0.15, 0.2) is 0 Å². The molecular weight excluding hydrogens is 322 g/mol. The number of aliphatic hydroxyl groups is 3. The third-order valence-electron chi connectivity index (χ3n) is 4.93. The van der Waals surface area contributed by atoms with Crippen molar-refractivity contribution in [3.8, 4) is 0 Å². The zero-order chi connectivity index (χ0) is 19.6. The lowest BCUT2D eigenvalue weighted by atomic mass is 9.92. The fraction of sp³-hybridized carbons (Fsp3) is 0.947. The molecule has 25 heavy (non-hydrogen) atoms. The summed E-state index contributed by atoms with van der Waals surface area (Å²) < 4.78 is 4.97. The van der Waals surface area contributed by atoms with Crippen molar-refractivity contribution in [3.05, 3.63) is 0 Å². The highest BCUT2D eigenvalue weighted by molar-refractivity contribution is 5.52. The highest BCUT2D eigenvalue weighted by Crippen LogP contribution is 2.20. The molecule has 0 spiro atoms. The molecule has 0 aliphatic carbocycles. The van der Waals surface area contributed by atoms with Crippen LogP contribution in [0.1, 0.15) is 53.4 Å². The number of hydrogen-bond donors (Lipinski definition) is 3. The Morgan fingerprint density at radius 3 is 2.32 bits per heavy atom. The Balaban J connectivity index is 4.30. The molecule has 0 amide bonds. The van der Waals surface area contributed by atoms with Crippen molar-refractivity contribution in [2.45, 2.75) is 77.2 Å². The average molecular weight is 362 g/mol. The lowest BCUT2D eigenvalue weighted by Crippen LogP contribution is -2.54. The van der Waals surface area contributed by atoms with Gasteiger partial charge in [-0.15, -0.1) is 0 Å². The van der Waals surface area contributed by atoms with Crippen LogP contribution in [0.4, 0.5) is 0 Å². The zero-order valence-corrected chi connectivity index (χ0v) is 16.8. The van der Waals surface area contributed by atoms with Gasteiger partial charge < -0.3 is 29.8 Å². The van der Waals surface area contributed by atoms with Crippen LogP contribution < -0.4 is 0 Å². The lowest BCUT2D eigenvalue weighted by Gasteiger charge is -2.38. The van der Waals surface area contributed by atoms with Crippen LogP contribution in [0, 0.1) is 11.8 Å². The summed E-state index contributed by atoms with van der Waals surface area (Å²) in [5.74, 6) is 0.309. The van der Waals surface area contributed by atoms with Crippen molar-refractivity contribution in [1.29, 1.82) is 0 Å². The minimum atomic E-state index is -1.31. The van der Waals surface area contributed by atoms with Gasteiger partial charge in [-0.2, -0.15) is 0 Å². The quantitative estimate of drug-likeness (QED) is 0.406. The first-order valence-corrected chi connectivity index (χ1v) is 9.28. The van der Waals surface area contributed by atoms with E-state index in [-0.39, 0.29) is 30.6 Å².